The van der Waals surface area contributed by atoms with E-state index in [4.69, 9.17) is 0 Å². The molecule has 0 aliphatic carbocycles. The van der Waals surface area contributed by atoms with Crippen LogP contribution in [0.5, 0.6) is 0 Å². The van der Waals surface area contributed by atoms with Crippen molar-refractivity contribution in [3.05, 3.63) is 0 Å². The highest BCUT2D eigenvalue weighted by atomic mass is 28.3. The smallest absolute Gasteiger partial charge is 0.0496 e. The number of aliphatic hydroxyl groups is 1. The molecule has 0 spiro atoms. The third kappa shape index (κ3) is 3.41. The van der Waals surface area contributed by atoms with E-state index in [0.717, 1.165) is 13.1 Å². The Morgan fingerprint density at radius 3 is 2.46 bits per heavy atom. The predicted octanol–water partition coefficient (Wildman–Crippen LogP) is 1.69. The van der Waals surface area contributed by atoms with E-state index in [1.807, 2.05) is 0 Å². The second-order valence-electron chi connectivity index (χ2n) is 5.68. The van der Waals surface area contributed by atoms with Gasteiger partial charge in [0.25, 0.3) is 0 Å². The van der Waals surface area contributed by atoms with E-state index in [0.29, 0.717) is 6.61 Å². The van der Waals surface area contributed by atoms with Crippen molar-refractivity contribution >= 4 is 8.07 Å². The Balaban J connectivity index is 2.57. The minimum Gasteiger partial charge on any atom is -0.396 e. The van der Waals surface area contributed by atoms with Crippen molar-refractivity contribution in [2.75, 3.05) is 19.7 Å². The van der Waals surface area contributed by atoms with Crippen molar-refractivity contribution in [3.63, 3.8) is 0 Å². The molecule has 1 fully saturated rings. The Kier molecular flexibility index (Phi) is 3.55. The molecule has 1 saturated heterocycles. The lowest BCUT2D eigenvalue weighted by Crippen LogP contribution is -2.46. The van der Waals surface area contributed by atoms with E-state index in [-0.39, 0.29) is 5.41 Å². The van der Waals surface area contributed by atoms with E-state index < -0.39 is 8.07 Å². The molecule has 1 aliphatic heterocycles. The second-order valence-corrected chi connectivity index (χ2v) is 11.2. The maximum atomic E-state index is 9.49. The van der Waals surface area contributed by atoms with Crippen LogP contribution in [0.1, 0.15) is 12.8 Å². The molecule has 13 heavy (non-hydrogen) atoms. The summed E-state index contributed by atoms with van der Waals surface area (Å²) < 4.78 is 0. The van der Waals surface area contributed by atoms with Gasteiger partial charge in [0.05, 0.1) is 0 Å². The summed E-state index contributed by atoms with van der Waals surface area (Å²) in [5.74, 6) is 0. The van der Waals surface area contributed by atoms with Gasteiger partial charge in [-0.1, -0.05) is 19.6 Å². The zero-order chi connectivity index (χ0) is 9.95. The van der Waals surface area contributed by atoms with Gasteiger partial charge in [0.2, 0.25) is 0 Å². The highest BCUT2D eigenvalue weighted by Crippen LogP contribution is 2.34. The molecule has 0 radical (unpaired) electrons. The Morgan fingerprint density at radius 1 is 1.38 bits per heavy atom. The SMILES string of the molecule is C[Si](C)(C)CC1(CO)CCCNC1. The highest BCUT2D eigenvalue weighted by molar-refractivity contribution is 6.76. The highest BCUT2D eigenvalue weighted by Gasteiger charge is 2.35. The maximum Gasteiger partial charge on any atom is 0.0496 e. The Hall–Kier alpha value is 0.137. The standard InChI is InChI=1S/C10H23NOSi/c1-13(2,3)9-10(8-12)5-4-6-11-7-10/h11-12H,4-9H2,1-3H3. The number of nitrogens with one attached hydrogen (secondary N) is 1. The lowest BCUT2D eigenvalue weighted by atomic mass is 9.83. The monoisotopic (exact) mass is 201 g/mol. The first-order valence-electron chi connectivity index (χ1n) is 5.29. The van der Waals surface area contributed by atoms with Crippen molar-refractivity contribution in [3.8, 4) is 0 Å². The summed E-state index contributed by atoms with van der Waals surface area (Å²) in [5.41, 5.74) is 0.211. The van der Waals surface area contributed by atoms with Crippen LogP contribution in [0.4, 0.5) is 0 Å². The normalized spacial score (nSPS) is 30.5. The predicted molar refractivity (Wildman–Crippen MR) is 59.8 cm³/mol. The lowest BCUT2D eigenvalue weighted by Gasteiger charge is -2.40. The van der Waals surface area contributed by atoms with Crippen LogP contribution in [0.15, 0.2) is 0 Å². The largest absolute Gasteiger partial charge is 0.396 e. The Morgan fingerprint density at radius 2 is 2.08 bits per heavy atom. The molecule has 78 valence electrons. The molecule has 0 aromatic carbocycles. The van der Waals surface area contributed by atoms with E-state index in [1.165, 1.54) is 18.9 Å². The van der Waals surface area contributed by atoms with Crippen LogP contribution in [0.3, 0.4) is 0 Å². The van der Waals surface area contributed by atoms with Gasteiger partial charge in [-0.3, -0.25) is 0 Å². The first kappa shape index (κ1) is 11.2. The minimum atomic E-state index is -1.04. The van der Waals surface area contributed by atoms with Gasteiger partial charge in [0.15, 0.2) is 0 Å². The molecule has 3 heteroatoms. The quantitative estimate of drug-likeness (QED) is 0.681. The van der Waals surface area contributed by atoms with Crippen molar-refractivity contribution in [2.24, 2.45) is 5.41 Å². The second kappa shape index (κ2) is 4.11. The van der Waals surface area contributed by atoms with Gasteiger partial charge >= 0.3 is 0 Å². The van der Waals surface area contributed by atoms with Gasteiger partial charge in [0, 0.05) is 26.6 Å². The third-order valence-electron chi connectivity index (χ3n) is 2.80. The topological polar surface area (TPSA) is 32.3 Å². The molecule has 2 nitrogen and oxygen atoms in total. The van der Waals surface area contributed by atoms with Gasteiger partial charge in [-0.2, -0.15) is 0 Å². The molecule has 2 N–H and O–H groups in total. The average molecular weight is 201 g/mol. The summed E-state index contributed by atoms with van der Waals surface area (Å²) in [5, 5.41) is 12.9. The molecular weight excluding hydrogens is 178 g/mol. The van der Waals surface area contributed by atoms with Crippen LogP contribution in [-0.4, -0.2) is 32.9 Å². The number of piperidine rings is 1. The molecule has 1 aliphatic rings. The van der Waals surface area contributed by atoms with Crippen LogP contribution in [0.2, 0.25) is 25.7 Å². The number of rotatable bonds is 3. The van der Waals surface area contributed by atoms with Crippen molar-refractivity contribution in [2.45, 2.75) is 38.5 Å². The summed E-state index contributed by atoms with van der Waals surface area (Å²) in [7, 11) is -1.04. The zero-order valence-electron chi connectivity index (χ0n) is 9.19. The maximum absolute atomic E-state index is 9.49. The summed E-state index contributed by atoms with van der Waals surface area (Å²) in [6.07, 6.45) is 2.44. The van der Waals surface area contributed by atoms with Gasteiger partial charge in [0.1, 0.15) is 0 Å². The van der Waals surface area contributed by atoms with E-state index >= 15 is 0 Å². The number of aliphatic hydroxyl groups excluding tert-OH is 1. The van der Waals surface area contributed by atoms with Crippen molar-refractivity contribution in [1.82, 2.24) is 5.32 Å². The molecule has 0 bridgehead atoms. The summed E-state index contributed by atoms with van der Waals surface area (Å²) in [4.78, 5) is 0. The summed E-state index contributed by atoms with van der Waals surface area (Å²) in [6.45, 7) is 9.68. The molecule has 0 aromatic rings. The fourth-order valence-corrected chi connectivity index (χ4v) is 5.16. The minimum absolute atomic E-state index is 0.211. The zero-order valence-corrected chi connectivity index (χ0v) is 10.2. The van der Waals surface area contributed by atoms with Crippen LogP contribution in [-0.2, 0) is 0 Å². The lowest BCUT2D eigenvalue weighted by molar-refractivity contribution is 0.111. The van der Waals surface area contributed by atoms with Crippen LogP contribution in [0.25, 0.3) is 0 Å². The molecule has 1 unspecified atom stereocenters. The first-order chi connectivity index (χ1) is 5.97. The van der Waals surface area contributed by atoms with Gasteiger partial charge in [-0.05, 0) is 25.4 Å². The van der Waals surface area contributed by atoms with Gasteiger partial charge in [-0.25, -0.2) is 0 Å². The molecular formula is C10H23NOSi. The van der Waals surface area contributed by atoms with Gasteiger partial charge < -0.3 is 10.4 Å². The van der Waals surface area contributed by atoms with Crippen molar-refractivity contribution in [1.29, 1.82) is 0 Å². The molecule has 0 amide bonds. The summed E-state index contributed by atoms with van der Waals surface area (Å²) >= 11 is 0. The average Bonchev–Trinajstić information content (AvgIpc) is 2.03. The Labute approximate surface area is 82.7 Å². The molecule has 1 heterocycles. The molecule has 0 aromatic heterocycles. The van der Waals surface area contributed by atoms with E-state index in [9.17, 15) is 5.11 Å². The number of hydrogen-bond donors (Lipinski definition) is 2. The molecule has 1 rings (SSSR count). The fraction of sp³-hybridized carbons (Fsp3) is 1.00. The molecule has 1 atom stereocenters. The Bertz CT molecular complexity index is 159. The van der Waals surface area contributed by atoms with Crippen LogP contribution in [0, 0.1) is 5.41 Å². The third-order valence-corrected chi connectivity index (χ3v) is 4.61. The van der Waals surface area contributed by atoms with Gasteiger partial charge in [-0.15, -0.1) is 0 Å². The molecule has 0 saturated carbocycles. The fourth-order valence-electron chi connectivity index (χ4n) is 2.50. The number of hydrogen-bond acceptors (Lipinski definition) is 2. The first-order valence-corrected chi connectivity index (χ1v) is 9.00. The van der Waals surface area contributed by atoms with Crippen LogP contribution >= 0.6 is 0 Å². The van der Waals surface area contributed by atoms with E-state index in [1.54, 1.807) is 0 Å². The van der Waals surface area contributed by atoms with E-state index in [2.05, 4.69) is 25.0 Å². The van der Waals surface area contributed by atoms with Crippen LogP contribution < -0.4 is 5.32 Å². The van der Waals surface area contributed by atoms with Crippen molar-refractivity contribution < 1.29 is 5.11 Å². The summed E-state index contributed by atoms with van der Waals surface area (Å²) in [6, 6.07) is 1.25.